The number of hydrogen-bond donors (Lipinski definition) is 2. The van der Waals surface area contributed by atoms with E-state index >= 15 is 0 Å². The van der Waals surface area contributed by atoms with Crippen molar-refractivity contribution < 1.29 is 13.9 Å². The molecule has 2 N–H and O–H groups in total. The second-order valence-corrected chi connectivity index (χ2v) is 7.73. The number of alkyl carbamates (subject to hydrolysis) is 1. The lowest BCUT2D eigenvalue weighted by Crippen LogP contribution is -2.44. The van der Waals surface area contributed by atoms with Gasteiger partial charge in [0.05, 0.1) is 12.6 Å². The molecule has 0 bridgehead atoms. The Hall–Kier alpha value is -1.97. The number of halogens is 1. The largest absolute Gasteiger partial charge is 0.459 e. The monoisotopic (exact) mass is 500 g/mol. The number of carbonyl (C=O) groups excluding carboxylic acids is 1. The predicted molar refractivity (Wildman–Crippen MR) is 121 cm³/mol. The Bertz CT molecular complexity index is 795. The maximum atomic E-state index is 11.9. The second kappa shape index (κ2) is 9.49. The first-order valence-corrected chi connectivity index (χ1v) is 9.26. The highest BCUT2D eigenvalue weighted by Crippen LogP contribution is 2.19. The van der Waals surface area contributed by atoms with E-state index < -0.39 is 5.60 Å². The van der Waals surface area contributed by atoms with Gasteiger partial charge in [0.15, 0.2) is 5.96 Å². The zero-order valence-corrected chi connectivity index (χ0v) is 19.2. The molecule has 2 aromatic rings. The van der Waals surface area contributed by atoms with Crippen molar-refractivity contribution in [1.29, 1.82) is 0 Å². The maximum Gasteiger partial charge on any atom is 0.407 e. The summed E-state index contributed by atoms with van der Waals surface area (Å²) in [6, 6.07) is 10.0. The van der Waals surface area contributed by atoms with Crippen LogP contribution in [-0.4, -0.2) is 48.7 Å². The zero-order valence-electron chi connectivity index (χ0n) is 16.8. The van der Waals surface area contributed by atoms with Gasteiger partial charge in [-0.1, -0.05) is 18.2 Å². The molecule has 28 heavy (non-hydrogen) atoms. The number of carbonyl (C=O) groups is 1. The molecule has 1 amide bonds. The van der Waals surface area contributed by atoms with Gasteiger partial charge in [-0.05, 0) is 39.3 Å². The first-order chi connectivity index (χ1) is 12.8. The quantitative estimate of drug-likeness (QED) is 0.382. The van der Waals surface area contributed by atoms with Gasteiger partial charge < -0.3 is 24.7 Å². The van der Waals surface area contributed by atoms with Gasteiger partial charge in [0.25, 0.3) is 0 Å². The molecular formula is C20H29IN4O3. The molecule has 1 aliphatic heterocycles. The van der Waals surface area contributed by atoms with Crippen molar-refractivity contribution in [3.63, 3.8) is 0 Å². The summed E-state index contributed by atoms with van der Waals surface area (Å²) in [4.78, 5) is 18.4. The van der Waals surface area contributed by atoms with Crippen molar-refractivity contribution in [2.24, 2.45) is 4.99 Å². The molecule has 3 rings (SSSR count). The van der Waals surface area contributed by atoms with Crippen molar-refractivity contribution in [1.82, 2.24) is 15.5 Å². The van der Waals surface area contributed by atoms with Crippen molar-refractivity contribution in [3.05, 3.63) is 36.1 Å². The lowest BCUT2D eigenvalue weighted by molar-refractivity contribution is 0.0507. The van der Waals surface area contributed by atoms with Crippen LogP contribution in [0.5, 0.6) is 0 Å². The van der Waals surface area contributed by atoms with Crippen LogP contribution >= 0.6 is 24.0 Å². The second-order valence-electron chi connectivity index (χ2n) is 7.73. The van der Waals surface area contributed by atoms with E-state index in [1.54, 1.807) is 7.05 Å². The molecule has 7 nitrogen and oxygen atoms in total. The SMILES string of the molecule is CN=C(NCc1cc2ccccc2o1)N1CCC(NC(=O)OC(C)(C)C)C1.I. The number of nitrogens with one attached hydrogen (secondary N) is 2. The van der Waals surface area contributed by atoms with Crippen molar-refractivity contribution in [2.45, 2.75) is 45.4 Å². The van der Waals surface area contributed by atoms with Crippen molar-refractivity contribution >= 4 is 47.0 Å². The molecule has 0 saturated carbocycles. The van der Waals surface area contributed by atoms with Crippen LogP contribution in [0.4, 0.5) is 4.79 Å². The van der Waals surface area contributed by atoms with Gasteiger partial charge >= 0.3 is 6.09 Å². The third-order valence-corrected chi connectivity index (χ3v) is 4.32. The summed E-state index contributed by atoms with van der Waals surface area (Å²) < 4.78 is 11.2. The Morgan fingerprint density at radius 2 is 2.11 bits per heavy atom. The number of hydrogen-bond acceptors (Lipinski definition) is 4. The number of rotatable bonds is 3. The average molecular weight is 500 g/mol. The lowest BCUT2D eigenvalue weighted by Gasteiger charge is -2.23. The highest BCUT2D eigenvalue weighted by molar-refractivity contribution is 14.0. The van der Waals surface area contributed by atoms with E-state index in [1.807, 2.05) is 51.1 Å². The fourth-order valence-corrected chi connectivity index (χ4v) is 3.17. The standard InChI is InChI=1S/C20H28N4O3.HI/c1-20(2,3)27-19(25)23-15-9-10-24(13-15)18(21-4)22-12-16-11-14-7-5-6-8-17(14)26-16;/h5-8,11,15H,9-10,12-13H2,1-4H3,(H,21,22)(H,23,25);1H. The minimum absolute atomic E-state index is 0. The van der Waals surface area contributed by atoms with Gasteiger partial charge in [0, 0.05) is 25.5 Å². The van der Waals surface area contributed by atoms with E-state index in [-0.39, 0.29) is 36.1 Å². The number of furan rings is 1. The average Bonchev–Trinajstić information content (AvgIpc) is 3.20. The minimum atomic E-state index is -0.494. The minimum Gasteiger partial charge on any atom is -0.459 e. The molecule has 1 aliphatic rings. The summed E-state index contributed by atoms with van der Waals surface area (Å²) in [6.45, 7) is 7.65. The molecule has 2 heterocycles. The maximum absolute atomic E-state index is 11.9. The molecule has 1 saturated heterocycles. The molecule has 1 unspecified atom stereocenters. The Morgan fingerprint density at radius 3 is 2.79 bits per heavy atom. The molecule has 1 aromatic heterocycles. The molecule has 1 aromatic carbocycles. The molecule has 1 fully saturated rings. The summed E-state index contributed by atoms with van der Waals surface area (Å²) in [7, 11) is 1.76. The summed E-state index contributed by atoms with van der Waals surface area (Å²) in [5.41, 5.74) is 0.388. The predicted octanol–water partition coefficient (Wildman–Crippen LogP) is 3.73. The molecule has 1 atom stereocenters. The Morgan fingerprint density at radius 1 is 1.36 bits per heavy atom. The highest BCUT2D eigenvalue weighted by Gasteiger charge is 2.27. The van der Waals surface area contributed by atoms with Gasteiger partial charge in [0.2, 0.25) is 0 Å². The van der Waals surface area contributed by atoms with Crippen LogP contribution < -0.4 is 10.6 Å². The van der Waals surface area contributed by atoms with E-state index in [9.17, 15) is 4.79 Å². The topological polar surface area (TPSA) is 79.1 Å². The molecule has 0 aliphatic carbocycles. The number of aliphatic imine (C=N–C) groups is 1. The van der Waals surface area contributed by atoms with E-state index in [0.29, 0.717) is 13.1 Å². The van der Waals surface area contributed by atoms with Crippen LogP contribution in [0.15, 0.2) is 39.7 Å². The number of fused-ring (bicyclic) bond motifs is 1. The highest BCUT2D eigenvalue weighted by atomic mass is 127. The molecule has 8 heteroatoms. The van der Waals surface area contributed by atoms with E-state index in [1.165, 1.54) is 0 Å². The molecule has 154 valence electrons. The normalized spacial score (nSPS) is 17.4. The van der Waals surface area contributed by atoms with Crippen LogP contribution in [0, 0.1) is 0 Å². The van der Waals surface area contributed by atoms with E-state index in [0.717, 1.165) is 35.7 Å². The number of guanidine groups is 1. The summed E-state index contributed by atoms with van der Waals surface area (Å²) >= 11 is 0. The fourth-order valence-electron chi connectivity index (χ4n) is 3.17. The van der Waals surface area contributed by atoms with Crippen molar-refractivity contribution in [2.75, 3.05) is 20.1 Å². The van der Waals surface area contributed by atoms with E-state index in [4.69, 9.17) is 9.15 Å². The fraction of sp³-hybridized carbons (Fsp3) is 0.500. The Labute approximate surface area is 182 Å². The van der Waals surface area contributed by atoms with Crippen LogP contribution in [0.25, 0.3) is 11.0 Å². The van der Waals surface area contributed by atoms with Crippen LogP contribution in [0.3, 0.4) is 0 Å². The van der Waals surface area contributed by atoms with Gasteiger partial charge in [-0.15, -0.1) is 24.0 Å². The van der Waals surface area contributed by atoms with Crippen LogP contribution in [0.1, 0.15) is 33.0 Å². The molecular weight excluding hydrogens is 471 g/mol. The lowest BCUT2D eigenvalue weighted by atomic mass is 10.2. The summed E-state index contributed by atoms with van der Waals surface area (Å²) in [6.07, 6.45) is 0.476. The van der Waals surface area contributed by atoms with Crippen LogP contribution in [-0.2, 0) is 11.3 Å². The zero-order chi connectivity index (χ0) is 19.4. The van der Waals surface area contributed by atoms with Crippen LogP contribution in [0.2, 0.25) is 0 Å². The third-order valence-electron chi connectivity index (χ3n) is 4.32. The van der Waals surface area contributed by atoms with Gasteiger partial charge in [-0.3, -0.25) is 4.99 Å². The number of amides is 1. The number of para-hydroxylation sites is 1. The molecule has 0 spiro atoms. The number of ether oxygens (including phenoxy) is 1. The smallest absolute Gasteiger partial charge is 0.407 e. The summed E-state index contributed by atoms with van der Waals surface area (Å²) in [5, 5.41) is 7.36. The first-order valence-electron chi connectivity index (χ1n) is 9.26. The Balaban J connectivity index is 0.00000280. The number of likely N-dealkylation sites (tertiary alicyclic amines) is 1. The van der Waals surface area contributed by atoms with Gasteiger partial charge in [-0.2, -0.15) is 0 Å². The summed E-state index contributed by atoms with van der Waals surface area (Å²) in [5.74, 6) is 1.66. The van der Waals surface area contributed by atoms with Gasteiger partial charge in [0.1, 0.15) is 16.9 Å². The van der Waals surface area contributed by atoms with Crippen molar-refractivity contribution in [3.8, 4) is 0 Å². The third kappa shape index (κ3) is 6.02. The van der Waals surface area contributed by atoms with E-state index in [2.05, 4.69) is 20.5 Å². The van der Waals surface area contributed by atoms with Gasteiger partial charge in [-0.25, -0.2) is 4.79 Å². The number of benzene rings is 1. The Kier molecular flexibility index (Phi) is 7.56. The molecule has 0 radical (unpaired) electrons. The first kappa shape index (κ1) is 22.3. The number of nitrogens with zero attached hydrogens (tertiary/aromatic N) is 2.